The summed E-state index contributed by atoms with van der Waals surface area (Å²) < 4.78 is 10.6. The molecule has 0 radical (unpaired) electrons. The van der Waals surface area contributed by atoms with Crippen molar-refractivity contribution in [3.63, 3.8) is 0 Å². The zero-order valence-electron chi connectivity index (χ0n) is 14.7. The lowest BCUT2D eigenvalue weighted by Gasteiger charge is -2.17. The predicted molar refractivity (Wildman–Crippen MR) is 96.7 cm³/mol. The van der Waals surface area contributed by atoms with Crippen LogP contribution in [-0.4, -0.2) is 47.4 Å². The van der Waals surface area contributed by atoms with E-state index in [0.29, 0.717) is 11.3 Å². The number of ketones is 1. The summed E-state index contributed by atoms with van der Waals surface area (Å²) in [5, 5.41) is 19.8. The fourth-order valence-corrected chi connectivity index (χ4v) is 2.56. The van der Waals surface area contributed by atoms with Crippen molar-refractivity contribution in [2.24, 2.45) is 0 Å². The molecule has 4 N–H and O–H groups in total. The van der Waals surface area contributed by atoms with Crippen molar-refractivity contribution in [3.8, 4) is 5.75 Å². The summed E-state index contributed by atoms with van der Waals surface area (Å²) in [5.41, 5.74) is 6.86. The number of hydrogen-bond acceptors (Lipinski definition) is 7. The zero-order chi connectivity index (χ0) is 19.3. The number of aliphatic hydroxyl groups excluding tert-OH is 2. The molecule has 1 aromatic carbocycles. The maximum absolute atomic E-state index is 12.5. The molecule has 3 atom stereocenters. The average molecular weight is 361 g/mol. The summed E-state index contributed by atoms with van der Waals surface area (Å²) in [4.78, 5) is 24.4. The largest absolute Gasteiger partial charge is 0.497 e. The van der Waals surface area contributed by atoms with Gasteiger partial charge in [0.2, 0.25) is 0 Å². The molecule has 0 saturated carbocycles. The minimum Gasteiger partial charge on any atom is -0.497 e. The Morgan fingerprint density at radius 2 is 1.85 bits per heavy atom. The molecule has 1 aliphatic rings. The minimum absolute atomic E-state index is 0.0166. The molecule has 7 nitrogen and oxygen atoms in total. The number of cyclic esters (lactones) is 1. The number of carbonyl (C=O) groups excluding carboxylic acids is 2. The highest BCUT2D eigenvalue weighted by molar-refractivity contribution is 5.99. The van der Waals surface area contributed by atoms with Crippen molar-refractivity contribution in [1.29, 1.82) is 0 Å². The second-order valence-electron chi connectivity index (χ2n) is 6.09. The molecule has 1 aliphatic heterocycles. The Kier molecular flexibility index (Phi) is 6.54. The molecule has 0 aliphatic carbocycles. The number of nitrogens with two attached hydrogens (primary N) is 1. The van der Waals surface area contributed by atoms with Gasteiger partial charge in [-0.2, -0.15) is 0 Å². The van der Waals surface area contributed by atoms with Gasteiger partial charge in [-0.05, 0) is 31.1 Å². The van der Waals surface area contributed by atoms with Gasteiger partial charge in [0.05, 0.1) is 24.5 Å². The third-order valence-electron chi connectivity index (χ3n) is 4.00. The molecule has 0 aromatic heterocycles. The number of hydrogen-bond donors (Lipinski definition) is 3. The third kappa shape index (κ3) is 4.71. The van der Waals surface area contributed by atoms with Gasteiger partial charge < -0.3 is 25.4 Å². The van der Waals surface area contributed by atoms with Crippen LogP contribution in [0.4, 0.5) is 5.69 Å². The molecule has 7 heteroatoms. The van der Waals surface area contributed by atoms with Crippen molar-refractivity contribution in [2.45, 2.75) is 38.1 Å². The monoisotopic (exact) mass is 361 g/mol. The lowest BCUT2D eigenvalue weighted by Crippen LogP contribution is -2.32. The molecule has 2 rings (SSSR count). The van der Waals surface area contributed by atoms with Crippen molar-refractivity contribution >= 4 is 23.5 Å². The van der Waals surface area contributed by atoms with Gasteiger partial charge in [0, 0.05) is 12.5 Å². The van der Waals surface area contributed by atoms with Gasteiger partial charge in [-0.25, -0.2) is 4.79 Å². The van der Waals surface area contributed by atoms with Gasteiger partial charge in [0.15, 0.2) is 5.78 Å². The van der Waals surface area contributed by atoms with Crippen LogP contribution in [0.5, 0.6) is 5.75 Å². The maximum Gasteiger partial charge on any atom is 0.341 e. The SMILES string of the molecule is COc1cc(N)c2c(c1)/C=C/C[C@H](O)[C@H](O)C(=O)/C=C\C[C@H](C)OC2=O. The number of nitrogen functional groups attached to an aromatic ring is 1. The number of esters is 1. The van der Waals surface area contributed by atoms with Crippen LogP contribution in [0, 0.1) is 0 Å². The molecular formula is C19H23NO6. The third-order valence-corrected chi connectivity index (χ3v) is 4.00. The van der Waals surface area contributed by atoms with Crippen LogP contribution >= 0.6 is 0 Å². The Bertz CT molecular complexity index is 740. The van der Waals surface area contributed by atoms with Crippen LogP contribution in [0.2, 0.25) is 0 Å². The summed E-state index contributed by atoms with van der Waals surface area (Å²) in [6.45, 7) is 1.68. The highest BCUT2D eigenvalue weighted by Crippen LogP contribution is 2.27. The number of fused-ring (bicyclic) bond motifs is 1. The van der Waals surface area contributed by atoms with Gasteiger partial charge in [0.1, 0.15) is 18.0 Å². The van der Waals surface area contributed by atoms with Gasteiger partial charge in [-0.15, -0.1) is 0 Å². The first-order valence-corrected chi connectivity index (χ1v) is 8.25. The number of anilines is 1. The first-order valence-electron chi connectivity index (χ1n) is 8.25. The Labute approximate surface area is 151 Å². The Balaban J connectivity index is 2.45. The normalized spacial score (nSPS) is 27.0. The van der Waals surface area contributed by atoms with Crippen molar-refractivity contribution in [2.75, 3.05) is 12.8 Å². The van der Waals surface area contributed by atoms with E-state index in [1.807, 2.05) is 0 Å². The molecule has 1 aromatic rings. The highest BCUT2D eigenvalue weighted by atomic mass is 16.5. The number of rotatable bonds is 1. The number of benzene rings is 1. The minimum atomic E-state index is -1.52. The van der Waals surface area contributed by atoms with Gasteiger partial charge in [-0.1, -0.05) is 18.2 Å². The number of ether oxygens (including phenoxy) is 2. The van der Waals surface area contributed by atoms with Crippen molar-refractivity contribution < 1.29 is 29.3 Å². The Hall–Kier alpha value is -2.64. The van der Waals surface area contributed by atoms with Crippen LogP contribution in [0.25, 0.3) is 6.08 Å². The van der Waals surface area contributed by atoms with E-state index in [2.05, 4.69) is 0 Å². The molecule has 1 heterocycles. The van der Waals surface area contributed by atoms with E-state index >= 15 is 0 Å². The summed E-state index contributed by atoms with van der Waals surface area (Å²) in [6, 6.07) is 3.15. The molecule has 140 valence electrons. The van der Waals surface area contributed by atoms with E-state index in [-0.39, 0.29) is 24.1 Å². The van der Waals surface area contributed by atoms with Crippen molar-refractivity contribution in [1.82, 2.24) is 0 Å². The molecule has 26 heavy (non-hydrogen) atoms. The van der Waals surface area contributed by atoms with E-state index < -0.39 is 30.1 Å². The topological polar surface area (TPSA) is 119 Å². The maximum atomic E-state index is 12.5. The van der Waals surface area contributed by atoms with Crippen LogP contribution in [-0.2, 0) is 9.53 Å². The predicted octanol–water partition coefficient (Wildman–Crippen LogP) is 1.48. The Morgan fingerprint density at radius 1 is 1.15 bits per heavy atom. The smallest absolute Gasteiger partial charge is 0.341 e. The first kappa shape index (κ1) is 19.7. The quantitative estimate of drug-likeness (QED) is 0.512. The molecule has 0 saturated heterocycles. The van der Waals surface area contributed by atoms with Gasteiger partial charge in [0.25, 0.3) is 0 Å². The molecule has 0 amide bonds. The second kappa shape index (κ2) is 8.64. The second-order valence-corrected chi connectivity index (χ2v) is 6.09. The summed E-state index contributed by atoms with van der Waals surface area (Å²) in [6.07, 6.45) is 2.80. The van der Waals surface area contributed by atoms with E-state index in [1.165, 1.54) is 25.3 Å². The van der Waals surface area contributed by atoms with E-state index in [4.69, 9.17) is 15.2 Å². The molecule has 0 spiro atoms. The number of methoxy groups -OCH3 is 1. The molecule has 0 fully saturated rings. The summed E-state index contributed by atoms with van der Waals surface area (Å²) in [5.74, 6) is -0.728. The standard InChI is InChI=1S/C19H23NO6/c1-11-5-3-7-15(21)18(23)16(22)8-4-6-12-9-13(25-2)10-14(20)17(12)19(24)26-11/h3-4,6-7,9-11,16,18,22-23H,5,8,20H2,1-2H3/b6-4+,7-3-/t11-,16-,18+/m0/s1. The van der Waals surface area contributed by atoms with E-state index in [0.717, 1.165) is 0 Å². The molecule has 0 unspecified atom stereocenters. The lowest BCUT2D eigenvalue weighted by molar-refractivity contribution is -0.127. The van der Waals surface area contributed by atoms with Gasteiger partial charge in [-0.3, -0.25) is 4.79 Å². The van der Waals surface area contributed by atoms with E-state index in [9.17, 15) is 19.8 Å². The first-order chi connectivity index (χ1) is 12.3. The van der Waals surface area contributed by atoms with Crippen LogP contribution in [0.3, 0.4) is 0 Å². The number of aliphatic hydroxyl groups is 2. The Morgan fingerprint density at radius 3 is 2.54 bits per heavy atom. The van der Waals surface area contributed by atoms with Gasteiger partial charge >= 0.3 is 5.97 Å². The highest BCUT2D eigenvalue weighted by Gasteiger charge is 2.23. The summed E-state index contributed by atoms with van der Waals surface area (Å²) in [7, 11) is 1.48. The van der Waals surface area contributed by atoms with Crippen LogP contribution in [0.15, 0.2) is 30.4 Å². The van der Waals surface area contributed by atoms with E-state index in [1.54, 1.807) is 25.1 Å². The van der Waals surface area contributed by atoms with Crippen LogP contribution < -0.4 is 10.5 Å². The average Bonchev–Trinajstić information content (AvgIpc) is 2.59. The van der Waals surface area contributed by atoms with Crippen LogP contribution in [0.1, 0.15) is 35.7 Å². The molecule has 0 bridgehead atoms. The summed E-state index contributed by atoms with van der Waals surface area (Å²) >= 11 is 0. The number of carbonyl (C=O) groups is 2. The lowest BCUT2D eigenvalue weighted by atomic mass is 10.0. The fraction of sp³-hybridized carbons (Fsp3) is 0.368. The zero-order valence-corrected chi connectivity index (χ0v) is 14.7. The molecular weight excluding hydrogens is 338 g/mol. The van der Waals surface area contributed by atoms with Crippen molar-refractivity contribution in [3.05, 3.63) is 41.5 Å². The fourth-order valence-electron chi connectivity index (χ4n) is 2.56.